The van der Waals surface area contributed by atoms with Gasteiger partial charge < -0.3 is 14.6 Å². The third kappa shape index (κ3) is 2.85. The van der Waals surface area contributed by atoms with Crippen molar-refractivity contribution in [2.24, 2.45) is 0 Å². The van der Waals surface area contributed by atoms with Crippen LogP contribution >= 0.6 is 0 Å². The van der Waals surface area contributed by atoms with Crippen LogP contribution in [0.15, 0.2) is 30.6 Å². The van der Waals surface area contributed by atoms with E-state index in [1.165, 1.54) is 12.4 Å². The molecule has 0 unspecified atom stereocenters. The molecule has 0 spiro atoms. The third-order valence-corrected chi connectivity index (χ3v) is 2.71. The zero-order chi connectivity index (χ0) is 13.8. The topological polar surface area (TPSA) is 73.6 Å². The maximum Gasteiger partial charge on any atom is 0.338 e. The number of ether oxygens (including phenoxy) is 2. The van der Waals surface area contributed by atoms with Gasteiger partial charge in [-0.15, -0.1) is 0 Å². The summed E-state index contributed by atoms with van der Waals surface area (Å²) < 4.78 is 11.9. The highest BCUT2D eigenvalue weighted by Gasteiger charge is 2.09. The van der Waals surface area contributed by atoms with Crippen molar-refractivity contribution in [3.63, 3.8) is 0 Å². The number of aromatic carboxylic acids is 1. The summed E-state index contributed by atoms with van der Waals surface area (Å²) in [6.07, 6.45) is 2.80. The molecular weight excluding hydrogens is 248 g/mol. The molecule has 0 aliphatic carbocycles. The summed E-state index contributed by atoms with van der Waals surface area (Å²) in [5, 5.41) is 12.8. The fourth-order valence-corrected chi connectivity index (χ4v) is 1.72. The van der Waals surface area contributed by atoms with E-state index in [1.54, 1.807) is 25.0 Å². The van der Waals surface area contributed by atoms with Crippen molar-refractivity contribution in [1.29, 1.82) is 0 Å². The van der Waals surface area contributed by atoms with Gasteiger partial charge in [-0.25, -0.2) is 4.79 Å². The van der Waals surface area contributed by atoms with Crippen LogP contribution in [0.25, 0.3) is 0 Å². The first-order chi connectivity index (χ1) is 9.13. The smallest absolute Gasteiger partial charge is 0.338 e. The zero-order valence-electron chi connectivity index (χ0n) is 10.7. The molecule has 0 amide bonds. The van der Waals surface area contributed by atoms with Gasteiger partial charge in [-0.1, -0.05) is 0 Å². The van der Waals surface area contributed by atoms with Crippen LogP contribution in [-0.2, 0) is 6.54 Å². The molecule has 0 atom stereocenters. The van der Waals surface area contributed by atoms with Crippen molar-refractivity contribution in [2.45, 2.75) is 6.54 Å². The minimum atomic E-state index is -0.993. The third-order valence-electron chi connectivity index (χ3n) is 2.71. The molecule has 1 aromatic heterocycles. The summed E-state index contributed by atoms with van der Waals surface area (Å²) in [6, 6.07) is 5.45. The molecule has 6 heteroatoms. The van der Waals surface area contributed by atoms with Crippen LogP contribution in [-0.4, -0.2) is 35.1 Å². The van der Waals surface area contributed by atoms with Gasteiger partial charge >= 0.3 is 5.97 Å². The standard InChI is InChI=1S/C13H14N2O4/c1-18-11-4-3-9(12(5-11)19-2)7-15-8-10(6-14-15)13(16)17/h3-6,8H,7H2,1-2H3,(H,16,17). The number of methoxy groups -OCH3 is 2. The van der Waals surface area contributed by atoms with Gasteiger partial charge in [-0.2, -0.15) is 5.10 Å². The Bertz CT molecular complexity index is 592. The van der Waals surface area contributed by atoms with Crippen molar-refractivity contribution in [2.75, 3.05) is 14.2 Å². The van der Waals surface area contributed by atoms with Gasteiger partial charge in [0.05, 0.1) is 32.5 Å². The molecule has 0 aliphatic rings. The van der Waals surface area contributed by atoms with Crippen LogP contribution in [0.1, 0.15) is 15.9 Å². The summed E-state index contributed by atoms with van der Waals surface area (Å²) in [4.78, 5) is 10.8. The second-order valence-electron chi connectivity index (χ2n) is 3.91. The monoisotopic (exact) mass is 262 g/mol. The maximum absolute atomic E-state index is 10.8. The van der Waals surface area contributed by atoms with E-state index >= 15 is 0 Å². The first-order valence-corrected chi connectivity index (χ1v) is 5.60. The predicted molar refractivity (Wildman–Crippen MR) is 67.8 cm³/mol. The zero-order valence-corrected chi connectivity index (χ0v) is 10.7. The Morgan fingerprint density at radius 3 is 2.74 bits per heavy atom. The Balaban J connectivity index is 2.24. The summed E-state index contributed by atoms with van der Waals surface area (Å²) in [6.45, 7) is 0.431. The van der Waals surface area contributed by atoms with E-state index in [-0.39, 0.29) is 5.56 Å². The van der Waals surface area contributed by atoms with Crippen molar-refractivity contribution in [3.8, 4) is 11.5 Å². The Morgan fingerprint density at radius 1 is 1.37 bits per heavy atom. The average molecular weight is 262 g/mol. The molecule has 0 radical (unpaired) electrons. The highest BCUT2D eigenvalue weighted by atomic mass is 16.5. The Morgan fingerprint density at radius 2 is 2.16 bits per heavy atom. The van der Waals surface area contributed by atoms with Gasteiger partial charge in [0.2, 0.25) is 0 Å². The van der Waals surface area contributed by atoms with Crippen molar-refractivity contribution >= 4 is 5.97 Å². The van der Waals surface area contributed by atoms with Crippen LogP contribution in [0.4, 0.5) is 0 Å². The fourth-order valence-electron chi connectivity index (χ4n) is 1.72. The number of carbonyl (C=O) groups is 1. The maximum atomic E-state index is 10.8. The first-order valence-electron chi connectivity index (χ1n) is 5.60. The molecule has 0 fully saturated rings. The largest absolute Gasteiger partial charge is 0.497 e. The summed E-state index contributed by atoms with van der Waals surface area (Å²) in [5.41, 5.74) is 1.05. The average Bonchev–Trinajstić information content (AvgIpc) is 2.88. The summed E-state index contributed by atoms with van der Waals surface area (Å²) >= 11 is 0. The number of carboxylic acids is 1. The van der Waals surface area contributed by atoms with E-state index in [9.17, 15) is 4.79 Å². The van der Waals surface area contributed by atoms with E-state index in [2.05, 4.69) is 5.10 Å². The molecule has 0 bridgehead atoms. The number of hydrogen-bond donors (Lipinski definition) is 1. The lowest BCUT2D eigenvalue weighted by Gasteiger charge is -2.10. The lowest BCUT2D eigenvalue weighted by molar-refractivity contribution is 0.0697. The van der Waals surface area contributed by atoms with Gasteiger partial charge in [-0.3, -0.25) is 4.68 Å². The second kappa shape index (κ2) is 5.43. The van der Waals surface area contributed by atoms with Crippen LogP contribution in [0.5, 0.6) is 11.5 Å². The minimum absolute atomic E-state index is 0.160. The normalized spacial score (nSPS) is 10.2. The van der Waals surface area contributed by atoms with E-state index in [0.717, 1.165) is 5.56 Å². The molecule has 100 valence electrons. The molecule has 1 heterocycles. The number of aromatic nitrogens is 2. The minimum Gasteiger partial charge on any atom is -0.497 e. The van der Waals surface area contributed by atoms with Gasteiger partial charge in [0.25, 0.3) is 0 Å². The molecular formula is C13H14N2O4. The molecule has 19 heavy (non-hydrogen) atoms. The number of carboxylic acid groups (broad SMARTS) is 1. The van der Waals surface area contributed by atoms with Gasteiger partial charge in [0, 0.05) is 17.8 Å². The summed E-state index contributed by atoms with van der Waals surface area (Å²) in [5.74, 6) is 0.381. The number of benzene rings is 1. The molecule has 0 saturated heterocycles. The lowest BCUT2D eigenvalue weighted by Crippen LogP contribution is -2.03. The van der Waals surface area contributed by atoms with Crippen molar-refractivity contribution < 1.29 is 19.4 Å². The quantitative estimate of drug-likeness (QED) is 0.886. The molecule has 1 aromatic carbocycles. The van der Waals surface area contributed by atoms with Gasteiger partial charge in [0.1, 0.15) is 11.5 Å². The molecule has 6 nitrogen and oxygen atoms in total. The Labute approximate surface area is 110 Å². The highest BCUT2D eigenvalue weighted by molar-refractivity contribution is 5.86. The summed E-state index contributed by atoms with van der Waals surface area (Å²) in [7, 11) is 3.16. The second-order valence-corrected chi connectivity index (χ2v) is 3.91. The van der Waals surface area contributed by atoms with Crippen LogP contribution < -0.4 is 9.47 Å². The predicted octanol–water partition coefficient (Wildman–Crippen LogP) is 1.65. The molecule has 1 N–H and O–H groups in total. The van der Waals surface area contributed by atoms with Gasteiger partial charge in [0.15, 0.2) is 0 Å². The molecule has 0 aliphatic heterocycles. The number of rotatable bonds is 5. The lowest BCUT2D eigenvalue weighted by atomic mass is 10.2. The van der Waals surface area contributed by atoms with Crippen molar-refractivity contribution in [1.82, 2.24) is 9.78 Å². The Kier molecular flexibility index (Phi) is 3.70. The van der Waals surface area contributed by atoms with Crippen LogP contribution in [0, 0.1) is 0 Å². The fraction of sp³-hybridized carbons (Fsp3) is 0.231. The number of nitrogens with zero attached hydrogens (tertiary/aromatic N) is 2. The van der Waals surface area contributed by atoms with E-state index in [1.807, 2.05) is 12.1 Å². The van der Waals surface area contributed by atoms with Crippen LogP contribution in [0.3, 0.4) is 0 Å². The number of hydrogen-bond acceptors (Lipinski definition) is 4. The highest BCUT2D eigenvalue weighted by Crippen LogP contribution is 2.25. The first kappa shape index (κ1) is 12.9. The van der Waals surface area contributed by atoms with E-state index in [0.29, 0.717) is 18.0 Å². The Hall–Kier alpha value is -2.50. The SMILES string of the molecule is COc1ccc(Cn2cc(C(=O)O)cn2)c(OC)c1. The van der Waals surface area contributed by atoms with E-state index in [4.69, 9.17) is 14.6 Å². The van der Waals surface area contributed by atoms with Gasteiger partial charge in [-0.05, 0) is 12.1 Å². The molecule has 0 saturated carbocycles. The molecule has 2 rings (SSSR count). The molecule has 2 aromatic rings. The van der Waals surface area contributed by atoms with Crippen molar-refractivity contribution in [3.05, 3.63) is 41.7 Å². The van der Waals surface area contributed by atoms with E-state index < -0.39 is 5.97 Å². The van der Waals surface area contributed by atoms with Crippen LogP contribution in [0.2, 0.25) is 0 Å².